The second kappa shape index (κ2) is 32.5. The van der Waals surface area contributed by atoms with Gasteiger partial charge in [-0.15, -0.1) is 12.4 Å². The molecule has 4 N–H and O–H groups in total. The van der Waals surface area contributed by atoms with E-state index in [1.807, 2.05) is 69.2 Å². The van der Waals surface area contributed by atoms with Gasteiger partial charge in [-0.25, -0.2) is 9.59 Å². The van der Waals surface area contributed by atoms with Crippen molar-refractivity contribution >= 4 is 48.0 Å². The summed E-state index contributed by atoms with van der Waals surface area (Å²) in [5, 5.41) is 12.1. The van der Waals surface area contributed by atoms with Gasteiger partial charge in [-0.1, -0.05) is 108 Å². The second-order valence-electron chi connectivity index (χ2n) is 22.0. The summed E-state index contributed by atoms with van der Waals surface area (Å²) in [5.74, 6) is -1.50. The maximum Gasteiger partial charge on any atom is 0.333 e. The number of likely N-dealkylation sites (N-methyl/N-ethyl adjacent to an activating group) is 2. The summed E-state index contributed by atoms with van der Waals surface area (Å²) >= 11 is 0. The van der Waals surface area contributed by atoms with Crippen molar-refractivity contribution < 1.29 is 43.3 Å². The highest BCUT2D eigenvalue weighted by Crippen LogP contribution is 2.27. The Balaban J connectivity index is 0. The van der Waals surface area contributed by atoms with Gasteiger partial charge >= 0.3 is 17.9 Å². The Kier molecular flexibility index (Phi) is 31.8. The number of ether oxygens (including phenoxy) is 2. The van der Waals surface area contributed by atoms with Crippen LogP contribution in [0.1, 0.15) is 176 Å². The van der Waals surface area contributed by atoms with E-state index < -0.39 is 23.5 Å². The quantitative estimate of drug-likeness (QED) is 0.0826. The van der Waals surface area contributed by atoms with Crippen molar-refractivity contribution in [2.24, 2.45) is 28.4 Å². The lowest BCUT2D eigenvalue weighted by Crippen LogP contribution is -2.60. The van der Waals surface area contributed by atoms with Crippen molar-refractivity contribution in [1.29, 1.82) is 0 Å². The van der Waals surface area contributed by atoms with Crippen LogP contribution in [0, 0.1) is 22.7 Å². The van der Waals surface area contributed by atoms with E-state index in [0.717, 1.165) is 64.5 Å². The van der Waals surface area contributed by atoms with E-state index in [0.29, 0.717) is 36.4 Å². The van der Waals surface area contributed by atoms with Crippen molar-refractivity contribution in [2.75, 3.05) is 40.4 Å². The Bertz CT molecular complexity index is 1690. The lowest BCUT2D eigenvalue weighted by atomic mass is 9.84. The molecule has 70 heavy (non-hydrogen) atoms. The van der Waals surface area contributed by atoms with Crippen molar-refractivity contribution in [3.05, 3.63) is 23.3 Å². The van der Waals surface area contributed by atoms with Crippen molar-refractivity contribution in [3.8, 4) is 0 Å². The monoisotopic (exact) mass is 1010 g/mol. The molecule has 2 fully saturated rings. The number of rotatable bonds is 19. The molecule has 15 nitrogen and oxygen atoms in total. The standard InChI is InChI=1S/C27H49N3O4.C17H32N2O3.C10H19NO2.ClH/c1-11-20(6)30-16-14-13-15-21(30)24(31)28-23(27(7,8)9)25(32)29(10)22(18(3)4)17-19(5)26(33)34-12-2;1-9-22-16(21)12(4)10-13(11(2)3)19(8)15(20)14(18)17(5,6)7;1-3-8(2)11-7-5-4-6-9(11)10(12)13;/h17-18,20-23H,11-16H2,1-10H3,(H,28,31);10-11,13-14H,9,18H2,1-8H3;8-9H,3-7H2,1-2H3,(H,12,13);1H/b19-17+;12-10+;;/t20?,21-,22-,23?;13-,14?;;/m11../s1. The van der Waals surface area contributed by atoms with Crippen LogP contribution in [0.3, 0.4) is 0 Å². The summed E-state index contributed by atoms with van der Waals surface area (Å²) in [6.07, 6.45) is 11.6. The molecule has 0 aromatic rings. The fraction of sp³-hybridized carbons (Fsp3) is 0.815. The third-order valence-electron chi connectivity index (χ3n) is 13.6. The number of aliphatic carboxylic acids is 1. The summed E-state index contributed by atoms with van der Waals surface area (Å²) in [6, 6.07) is -1.49. The summed E-state index contributed by atoms with van der Waals surface area (Å²) in [5.41, 5.74) is 6.26. The molecule has 0 bridgehead atoms. The minimum Gasteiger partial charge on any atom is -0.480 e. The number of halogens is 1. The number of likely N-dealkylation sites (tertiary alicyclic amines) is 2. The lowest BCUT2D eigenvalue weighted by molar-refractivity contribution is -0.146. The van der Waals surface area contributed by atoms with Crippen molar-refractivity contribution in [2.45, 2.75) is 224 Å². The van der Waals surface area contributed by atoms with Crippen LogP contribution < -0.4 is 11.1 Å². The van der Waals surface area contributed by atoms with Crippen molar-refractivity contribution in [1.82, 2.24) is 24.9 Å². The first-order valence-electron chi connectivity index (χ1n) is 25.9. The molecule has 0 aromatic heterocycles. The SMILES string of the molecule is CCC(C)N1CCCCC1C(=O)O.CCOC(=O)/C(C)=C/[C@H](C(C)C)N(C)C(=O)C(N)C(C)(C)C.CCOC(=O)/C(C)=C/[C@H](C(C)C)N(C)C(=O)C(NC(=O)[C@H]1CCCCN1C(C)CC)C(C)(C)C.Cl. The van der Waals surface area contributed by atoms with E-state index in [4.69, 9.17) is 20.3 Å². The van der Waals surface area contributed by atoms with Crippen LogP contribution in [0.4, 0.5) is 0 Å². The molecular formula is C54H101ClN6O9. The molecule has 2 saturated heterocycles. The lowest BCUT2D eigenvalue weighted by Gasteiger charge is -2.41. The smallest absolute Gasteiger partial charge is 0.333 e. The van der Waals surface area contributed by atoms with Gasteiger partial charge in [-0.3, -0.25) is 29.0 Å². The number of amides is 3. The number of carbonyl (C=O) groups excluding carboxylic acids is 5. The zero-order chi connectivity index (χ0) is 53.7. The molecule has 0 radical (unpaired) electrons. The molecule has 2 heterocycles. The number of carbonyl (C=O) groups is 6. The summed E-state index contributed by atoms with van der Waals surface area (Å²) < 4.78 is 10.1. The van der Waals surface area contributed by atoms with Crippen LogP contribution in [0.15, 0.2) is 23.3 Å². The molecule has 0 saturated carbocycles. The molecule has 8 atom stereocenters. The number of nitrogens with two attached hydrogens (primary N) is 1. The maximum absolute atomic E-state index is 13.8. The average molecular weight is 1010 g/mol. The number of hydrogen-bond acceptors (Lipinski definition) is 11. The van der Waals surface area contributed by atoms with E-state index in [1.54, 1.807) is 63.7 Å². The molecule has 0 aliphatic carbocycles. The van der Waals surface area contributed by atoms with E-state index in [1.165, 1.54) is 0 Å². The Labute approximate surface area is 431 Å². The maximum atomic E-state index is 13.8. The Morgan fingerprint density at radius 3 is 1.36 bits per heavy atom. The van der Waals surface area contributed by atoms with Crippen LogP contribution in [-0.2, 0) is 38.2 Å². The fourth-order valence-corrected chi connectivity index (χ4v) is 8.59. The van der Waals surface area contributed by atoms with Crippen LogP contribution in [0.5, 0.6) is 0 Å². The third-order valence-corrected chi connectivity index (χ3v) is 13.6. The first-order valence-corrected chi connectivity index (χ1v) is 25.9. The molecule has 3 amide bonds. The molecule has 408 valence electrons. The predicted octanol–water partition coefficient (Wildman–Crippen LogP) is 8.66. The minimum absolute atomic E-state index is 0. The van der Waals surface area contributed by atoms with Gasteiger partial charge in [0.25, 0.3) is 0 Å². The summed E-state index contributed by atoms with van der Waals surface area (Å²) in [6.45, 7) is 37.7. The van der Waals surface area contributed by atoms with Crippen LogP contribution in [0.2, 0.25) is 0 Å². The first kappa shape index (κ1) is 68.5. The highest BCUT2D eigenvalue weighted by molar-refractivity contribution is 5.91. The molecule has 16 heteroatoms. The molecule has 2 aliphatic heterocycles. The van der Waals surface area contributed by atoms with E-state index >= 15 is 0 Å². The number of carboxylic acids is 1. The molecule has 2 rings (SSSR count). The Morgan fingerprint density at radius 2 is 1.03 bits per heavy atom. The van der Waals surface area contributed by atoms with Gasteiger partial charge < -0.3 is 35.4 Å². The van der Waals surface area contributed by atoms with E-state index in [-0.39, 0.29) is 83.5 Å². The minimum atomic E-state index is -0.678. The van der Waals surface area contributed by atoms with E-state index in [2.05, 4.69) is 42.8 Å². The first-order chi connectivity index (χ1) is 31.8. The van der Waals surface area contributed by atoms with Crippen LogP contribution >= 0.6 is 12.4 Å². The zero-order valence-corrected chi connectivity index (χ0v) is 48.2. The molecule has 5 unspecified atom stereocenters. The van der Waals surface area contributed by atoms with Gasteiger partial charge in [0.05, 0.1) is 37.4 Å². The zero-order valence-electron chi connectivity index (χ0n) is 47.4. The van der Waals surface area contributed by atoms with Crippen LogP contribution in [-0.4, -0.2) is 149 Å². The van der Waals surface area contributed by atoms with Crippen molar-refractivity contribution in [3.63, 3.8) is 0 Å². The Hall–Kier alpha value is -3.53. The highest BCUT2D eigenvalue weighted by Gasteiger charge is 2.40. The van der Waals surface area contributed by atoms with Gasteiger partial charge in [0.2, 0.25) is 17.7 Å². The third kappa shape index (κ3) is 22.1. The van der Waals surface area contributed by atoms with Gasteiger partial charge in [-0.05, 0) is 116 Å². The van der Waals surface area contributed by atoms with Gasteiger partial charge in [0.15, 0.2) is 0 Å². The van der Waals surface area contributed by atoms with Crippen LogP contribution in [0.25, 0.3) is 0 Å². The largest absolute Gasteiger partial charge is 0.480 e. The number of carboxylic acid groups (broad SMARTS) is 1. The highest BCUT2D eigenvalue weighted by atomic mass is 35.5. The molecule has 0 spiro atoms. The molecule has 2 aliphatic rings. The van der Waals surface area contributed by atoms with Gasteiger partial charge in [0.1, 0.15) is 12.1 Å². The summed E-state index contributed by atoms with van der Waals surface area (Å²) in [4.78, 5) is 82.4. The van der Waals surface area contributed by atoms with E-state index in [9.17, 15) is 28.8 Å². The fourth-order valence-electron chi connectivity index (χ4n) is 8.59. The normalized spacial score (nSPS) is 19.8. The number of piperidine rings is 2. The topological polar surface area (TPSA) is 192 Å². The summed E-state index contributed by atoms with van der Waals surface area (Å²) in [7, 11) is 3.48. The average Bonchev–Trinajstić information content (AvgIpc) is 3.29. The molecular weight excluding hydrogens is 912 g/mol. The number of hydrogen-bond donors (Lipinski definition) is 3. The van der Waals surface area contributed by atoms with Gasteiger partial charge in [0, 0.05) is 37.3 Å². The molecule has 0 aromatic carbocycles. The predicted molar refractivity (Wildman–Crippen MR) is 285 cm³/mol. The number of nitrogens with zero attached hydrogens (tertiary/aromatic N) is 4. The number of esters is 2. The second-order valence-corrected chi connectivity index (χ2v) is 22.0. The Morgan fingerprint density at radius 1 is 0.657 bits per heavy atom. The van der Waals surface area contributed by atoms with Gasteiger partial charge in [-0.2, -0.15) is 0 Å². The number of nitrogens with one attached hydrogen (secondary N) is 1.